The fourth-order valence-corrected chi connectivity index (χ4v) is 5.82. The average Bonchev–Trinajstić information content (AvgIpc) is 3.44. The zero-order valence-electron chi connectivity index (χ0n) is 24.5. The minimum Gasteiger partial charge on any atom is -0.497 e. The molecule has 1 saturated carbocycles. The number of H-pyrrole nitrogens is 1. The van der Waals surface area contributed by atoms with Crippen LogP contribution in [0.15, 0.2) is 72.9 Å². The largest absolute Gasteiger partial charge is 0.497 e. The highest BCUT2D eigenvalue weighted by Crippen LogP contribution is 2.35. The molecule has 2 amide bonds. The normalized spacial score (nSPS) is 14.3. The van der Waals surface area contributed by atoms with Gasteiger partial charge in [-0.05, 0) is 54.3 Å². The number of methoxy groups -OCH3 is 3. The molecule has 8 nitrogen and oxygen atoms in total. The van der Waals surface area contributed by atoms with Crippen LogP contribution in [0, 0.1) is 0 Å². The molecule has 0 radical (unpaired) electrons. The van der Waals surface area contributed by atoms with E-state index in [1.807, 2.05) is 60.8 Å². The summed E-state index contributed by atoms with van der Waals surface area (Å²) in [5.41, 5.74) is 3.33. The molecule has 1 fully saturated rings. The number of rotatable bonds is 11. The summed E-state index contributed by atoms with van der Waals surface area (Å²) >= 11 is 0. The lowest BCUT2D eigenvalue weighted by atomic mass is 9.94. The molecular formula is C34H39N3O5. The molecule has 0 aliphatic heterocycles. The average molecular weight is 570 g/mol. The quantitative estimate of drug-likeness (QED) is 0.233. The predicted octanol–water partition coefficient (Wildman–Crippen LogP) is 5.96. The van der Waals surface area contributed by atoms with Crippen LogP contribution < -0.4 is 19.5 Å². The van der Waals surface area contributed by atoms with Crippen LogP contribution in [0.3, 0.4) is 0 Å². The van der Waals surface area contributed by atoms with Crippen molar-refractivity contribution < 1.29 is 23.8 Å². The molecule has 1 heterocycles. The first-order chi connectivity index (χ1) is 20.5. The molecule has 220 valence electrons. The second kappa shape index (κ2) is 13.5. The van der Waals surface area contributed by atoms with Gasteiger partial charge in [-0.1, -0.05) is 49.6 Å². The number of fused-ring (bicyclic) bond motifs is 1. The minimum absolute atomic E-state index is 0.0737. The van der Waals surface area contributed by atoms with E-state index in [2.05, 4.69) is 10.3 Å². The third-order valence-electron chi connectivity index (χ3n) is 8.10. The maximum absolute atomic E-state index is 14.4. The van der Waals surface area contributed by atoms with Crippen molar-refractivity contribution in [3.8, 4) is 17.2 Å². The Labute approximate surface area is 247 Å². The molecule has 1 aliphatic rings. The monoisotopic (exact) mass is 569 g/mol. The van der Waals surface area contributed by atoms with Crippen LogP contribution in [-0.4, -0.2) is 49.1 Å². The van der Waals surface area contributed by atoms with Gasteiger partial charge in [0.1, 0.15) is 23.3 Å². The van der Waals surface area contributed by atoms with Crippen molar-refractivity contribution in [2.75, 3.05) is 21.3 Å². The second-order valence-corrected chi connectivity index (χ2v) is 10.8. The molecule has 42 heavy (non-hydrogen) atoms. The van der Waals surface area contributed by atoms with E-state index in [1.54, 1.807) is 38.4 Å². The topological polar surface area (TPSA) is 92.9 Å². The van der Waals surface area contributed by atoms with E-state index in [0.717, 1.165) is 53.5 Å². The zero-order valence-corrected chi connectivity index (χ0v) is 24.5. The molecule has 8 heteroatoms. The van der Waals surface area contributed by atoms with Gasteiger partial charge in [0.05, 0.1) is 27.8 Å². The summed E-state index contributed by atoms with van der Waals surface area (Å²) in [7, 11) is 4.77. The summed E-state index contributed by atoms with van der Waals surface area (Å²) in [5.74, 6) is 1.42. The van der Waals surface area contributed by atoms with Crippen molar-refractivity contribution in [1.29, 1.82) is 0 Å². The number of para-hydroxylation sites is 1. The SMILES string of the molecule is COc1ccc(CN(C(=O)Cc2c[nH]c3ccccc23)[C@H](C(=O)NC2CCCCC2)c2ccc(OC)cc2OC)cc1. The number of nitrogens with one attached hydrogen (secondary N) is 2. The molecule has 2 N–H and O–H groups in total. The lowest BCUT2D eigenvalue weighted by Crippen LogP contribution is -2.47. The van der Waals surface area contributed by atoms with Crippen molar-refractivity contribution >= 4 is 22.7 Å². The minimum atomic E-state index is -0.924. The van der Waals surface area contributed by atoms with E-state index in [4.69, 9.17) is 14.2 Å². The van der Waals surface area contributed by atoms with Gasteiger partial charge in [0.15, 0.2) is 0 Å². The fraction of sp³-hybridized carbons (Fsp3) is 0.353. The highest BCUT2D eigenvalue weighted by molar-refractivity contribution is 5.93. The molecule has 0 saturated heterocycles. The molecule has 1 aliphatic carbocycles. The van der Waals surface area contributed by atoms with E-state index in [9.17, 15) is 9.59 Å². The van der Waals surface area contributed by atoms with Gasteiger partial charge in [0.2, 0.25) is 11.8 Å². The number of benzene rings is 3. The first kappa shape index (κ1) is 29.0. The first-order valence-electron chi connectivity index (χ1n) is 14.5. The summed E-state index contributed by atoms with van der Waals surface area (Å²) in [4.78, 5) is 33.6. The molecule has 1 aromatic heterocycles. The van der Waals surface area contributed by atoms with E-state index in [1.165, 1.54) is 6.42 Å². The summed E-state index contributed by atoms with van der Waals surface area (Å²) in [5, 5.41) is 4.27. The Kier molecular flexibility index (Phi) is 9.31. The number of hydrogen-bond donors (Lipinski definition) is 2. The molecule has 0 bridgehead atoms. The summed E-state index contributed by atoms with van der Waals surface area (Å²) in [6, 6.07) is 20.0. The van der Waals surface area contributed by atoms with Gasteiger partial charge < -0.3 is 29.4 Å². The summed E-state index contributed by atoms with van der Waals surface area (Å²) in [6.45, 7) is 0.225. The number of carbonyl (C=O) groups is 2. The van der Waals surface area contributed by atoms with Gasteiger partial charge in [0, 0.05) is 41.3 Å². The Morgan fingerprint density at radius 1 is 0.905 bits per heavy atom. The third kappa shape index (κ3) is 6.54. The van der Waals surface area contributed by atoms with E-state index < -0.39 is 6.04 Å². The number of aromatic amines is 1. The molecule has 3 aromatic carbocycles. The smallest absolute Gasteiger partial charge is 0.247 e. The second-order valence-electron chi connectivity index (χ2n) is 10.8. The van der Waals surface area contributed by atoms with Gasteiger partial charge in [-0.25, -0.2) is 0 Å². The van der Waals surface area contributed by atoms with Crippen molar-refractivity contribution in [3.63, 3.8) is 0 Å². The van der Waals surface area contributed by atoms with Gasteiger partial charge in [0.25, 0.3) is 0 Å². The lowest BCUT2D eigenvalue weighted by molar-refractivity contribution is -0.141. The van der Waals surface area contributed by atoms with Gasteiger partial charge in [-0.2, -0.15) is 0 Å². The van der Waals surface area contributed by atoms with Crippen molar-refractivity contribution in [3.05, 3.63) is 89.6 Å². The number of carbonyl (C=O) groups excluding carboxylic acids is 2. The number of ether oxygens (including phenoxy) is 3. The number of amides is 2. The Hall–Kier alpha value is -4.46. The molecule has 5 rings (SSSR count). The van der Waals surface area contributed by atoms with Crippen LogP contribution in [0.4, 0.5) is 0 Å². The number of aromatic nitrogens is 1. The molecule has 0 spiro atoms. The predicted molar refractivity (Wildman–Crippen MR) is 163 cm³/mol. The van der Waals surface area contributed by atoms with Crippen molar-refractivity contribution in [2.24, 2.45) is 0 Å². The van der Waals surface area contributed by atoms with Crippen LogP contribution in [0.1, 0.15) is 54.8 Å². The van der Waals surface area contributed by atoms with Crippen LogP contribution in [0.25, 0.3) is 10.9 Å². The van der Waals surface area contributed by atoms with E-state index in [0.29, 0.717) is 17.1 Å². The van der Waals surface area contributed by atoms with Crippen LogP contribution in [-0.2, 0) is 22.6 Å². The Bertz CT molecular complexity index is 1510. The molecular weight excluding hydrogens is 530 g/mol. The fourth-order valence-electron chi connectivity index (χ4n) is 5.82. The zero-order chi connectivity index (χ0) is 29.5. The van der Waals surface area contributed by atoms with Gasteiger partial charge in [-0.3, -0.25) is 9.59 Å². The van der Waals surface area contributed by atoms with Crippen LogP contribution in [0.5, 0.6) is 17.2 Å². The number of hydrogen-bond acceptors (Lipinski definition) is 5. The molecule has 1 atom stereocenters. The lowest BCUT2D eigenvalue weighted by Gasteiger charge is -2.34. The standard InChI is InChI=1S/C34H39N3O5/c1-40-26-15-13-23(14-16-26)22-37(32(38)19-24-21-35-30-12-8-7-11-28(24)30)33(34(39)36-25-9-5-4-6-10-25)29-18-17-27(41-2)20-31(29)42-3/h7-8,11-18,20-21,25,33,35H,4-6,9-10,19,22H2,1-3H3,(H,36,39)/t33-/m0/s1. The maximum Gasteiger partial charge on any atom is 0.247 e. The summed E-state index contributed by atoms with van der Waals surface area (Å²) < 4.78 is 16.5. The van der Waals surface area contributed by atoms with Crippen molar-refractivity contribution in [2.45, 2.75) is 57.2 Å². The first-order valence-corrected chi connectivity index (χ1v) is 14.5. The Morgan fingerprint density at radius 3 is 2.33 bits per heavy atom. The molecule has 0 unspecified atom stereocenters. The van der Waals surface area contributed by atoms with E-state index >= 15 is 0 Å². The molecule has 4 aromatic rings. The maximum atomic E-state index is 14.4. The van der Waals surface area contributed by atoms with Gasteiger partial charge in [-0.15, -0.1) is 0 Å². The third-order valence-corrected chi connectivity index (χ3v) is 8.10. The highest BCUT2D eigenvalue weighted by atomic mass is 16.5. The summed E-state index contributed by atoms with van der Waals surface area (Å²) in [6.07, 6.45) is 7.20. The van der Waals surface area contributed by atoms with E-state index in [-0.39, 0.29) is 30.8 Å². The van der Waals surface area contributed by atoms with Crippen LogP contribution in [0.2, 0.25) is 0 Å². The van der Waals surface area contributed by atoms with Crippen LogP contribution >= 0.6 is 0 Å². The Balaban J connectivity index is 1.57. The number of nitrogens with zero attached hydrogens (tertiary/aromatic N) is 1. The van der Waals surface area contributed by atoms with Crippen molar-refractivity contribution in [1.82, 2.24) is 15.2 Å². The Morgan fingerprint density at radius 2 is 1.62 bits per heavy atom. The highest BCUT2D eigenvalue weighted by Gasteiger charge is 2.35. The van der Waals surface area contributed by atoms with Gasteiger partial charge >= 0.3 is 0 Å².